The van der Waals surface area contributed by atoms with E-state index in [2.05, 4.69) is 5.32 Å². The van der Waals surface area contributed by atoms with E-state index < -0.39 is 5.54 Å². The molecule has 1 heterocycles. The van der Waals surface area contributed by atoms with E-state index in [9.17, 15) is 9.90 Å². The summed E-state index contributed by atoms with van der Waals surface area (Å²) in [5.41, 5.74) is 0.691. The van der Waals surface area contributed by atoms with Crippen LogP contribution in [-0.2, 0) is 4.79 Å². The number of aliphatic hydroxyl groups is 1. The number of rotatable bonds is 4. The first-order valence-electron chi connectivity index (χ1n) is 6.54. The molecule has 0 aromatic heterocycles. The highest BCUT2D eigenvalue weighted by atomic mass is 35.5. The van der Waals surface area contributed by atoms with Gasteiger partial charge in [-0.3, -0.25) is 4.79 Å². The van der Waals surface area contributed by atoms with Gasteiger partial charge in [0.2, 0.25) is 0 Å². The van der Waals surface area contributed by atoms with E-state index in [4.69, 9.17) is 16.3 Å². The van der Waals surface area contributed by atoms with Crippen molar-refractivity contribution in [3.8, 4) is 5.75 Å². The molecule has 1 unspecified atom stereocenters. The van der Waals surface area contributed by atoms with Crippen LogP contribution in [0.1, 0.15) is 25.8 Å². The van der Waals surface area contributed by atoms with Crippen molar-refractivity contribution in [1.29, 1.82) is 0 Å². The molecule has 0 aliphatic carbocycles. The maximum absolute atomic E-state index is 12.2. The minimum absolute atomic E-state index is 0.105. The Morgan fingerprint density at radius 1 is 1.55 bits per heavy atom. The first-order valence-corrected chi connectivity index (χ1v) is 6.91. The quantitative estimate of drug-likeness (QED) is 0.897. The number of nitrogens with one attached hydrogen (secondary N) is 1. The summed E-state index contributed by atoms with van der Waals surface area (Å²) in [7, 11) is 0. The molecular formula is C15H18ClNO3. The summed E-state index contributed by atoms with van der Waals surface area (Å²) in [4.78, 5) is 12.2. The van der Waals surface area contributed by atoms with E-state index >= 15 is 0 Å². The zero-order chi connectivity index (χ0) is 14.8. The van der Waals surface area contributed by atoms with Gasteiger partial charge in [-0.1, -0.05) is 18.5 Å². The molecule has 1 amide bonds. The molecule has 108 valence electrons. The number of carbonyl (C=O) groups is 1. The van der Waals surface area contributed by atoms with Gasteiger partial charge in [0.1, 0.15) is 12.4 Å². The Labute approximate surface area is 123 Å². The second kappa shape index (κ2) is 5.85. The van der Waals surface area contributed by atoms with Crippen LogP contribution in [0.15, 0.2) is 23.8 Å². The molecule has 2 N–H and O–H groups in total. The lowest BCUT2D eigenvalue weighted by molar-refractivity contribution is -0.120. The van der Waals surface area contributed by atoms with Crippen LogP contribution in [0, 0.1) is 0 Å². The van der Waals surface area contributed by atoms with Gasteiger partial charge in [-0.05, 0) is 37.6 Å². The van der Waals surface area contributed by atoms with Crippen molar-refractivity contribution in [3.05, 3.63) is 34.4 Å². The molecule has 0 bridgehead atoms. The molecular weight excluding hydrogens is 278 g/mol. The van der Waals surface area contributed by atoms with Crippen LogP contribution in [0.4, 0.5) is 0 Å². The summed E-state index contributed by atoms with van der Waals surface area (Å²) >= 11 is 5.94. The van der Waals surface area contributed by atoms with Crippen LogP contribution in [0.5, 0.6) is 5.75 Å². The lowest BCUT2D eigenvalue weighted by Crippen LogP contribution is -2.49. The monoisotopic (exact) mass is 295 g/mol. The van der Waals surface area contributed by atoms with Crippen LogP contribution in [-0.4, -0.2) is 29.8 Å². The summed E-state index contributed by atoms with van der Waals surface area (Å²) in [6.07, 6.45) is 2.42. The fourth-order valence-electron chi connectivity index (χ4n) is 1.87. The molecule has 0 fully saturated rings. The molecule has 0 radical (unpaired) electrons. The van der Waals surface area contributed by atoms with Gasteiger partial charge < -0.3 is 15.2 Å². The van der Waals surface area contributed by atoms with E-state index in [-0.39, 0.29) is 19.1 Å². The van der Waals surface area contributed by atoms with E-state index in [1.165, 1.54) is 0 Å². The van der Waals surface area contributed by atoms with Crippen LogP contribution in [0.3, 0.4) is 0 Å². The molecule has 1 aromatic rings. The molecule has 1 aliphatic rings. The Morgan fingerprint density at radius 2 is 2.30 bits per heavy atom. The predicted octanol–water partition coefficient (Wildman–Crippen LogP) is 2.39. The van der Waals surface area contributed by atoms with Crippen LogP contribution < -0.4 is 10.1 Å². The molecule has 20 heavy (non-hydrogen) atoms. The molecule has 1 atom stereocenters. The first kappa shape index (κ1) is 14.9. The van der Waals surface area contributed by atoms with Gasteiger partial charge in [0.05, 0.1) is 17.7 Å². The average molecular weight is 296 g/mol. The molecule has 5 heteroatoms. The third kappa shape index (κ3) is 3.14. The highest BCUT2D eigenvalue weighted by Gasteiger charge is 2.26. The maximum Gasteiger partial charge on any atom is 0.251 e. The van der Waals surface area contributed by atoms with Crippen molar-refractivity contribution in [2.24, 2.45) is 0 Å². The van der Waals surface area contributed by atoms with E-state index in [0.717, 1.165) is 5.56 Å². The number of benzene rings is 1. The highest BCUT2D eigenvalue weighted by Crippen LogP contribution is 2.29. The van der Waals surface area contributed by atoms with E-state index in [1.54, 1.807) is 31.2 Å². The smallest absolute Gasteiger partial charge is 0.251 e. The van der Waals surface area contributed by atoms with E-state index in [0.29, 0.717) is 22.8 Å². The van der Waals surface area contributed by atoms with Gasteiger partial charge in [0.15, 0.2) is 0 Å². The van der Waals surface area contributed by atoms with Gasteiger partial charge >= 0.3 is 0 Å². The van der Waals surface area contributed by atoms with Crippen molar-refractivity contribution in [1.82, 2.24) is 5.32 Å². The van der Waals surface area contributed by atoms with Crippen molar-refractivity contribution in [2.45, 2.75) is 25.8 Å². The molecule has 0 spiro atoms. The maximum atomic E-state index is 12.2. The standard InChI is InChI=1S/C15H18ClNO3/c1-3-15(2,9-18)17-14(19)11-6-10-7-12(16)4-5-13(10)20-8-11/h4-7,18H,3,8-9H2,1-2H3,(H,17,19). The molecule has 1 aliphatic heterocycles. The lowest BCUT2D eigenvalue weighted by atomic mass is 9.99. The zero-order valence-electron chi connectivity index (χ0n) is 11.6. The Bertz CT molecular complexity index is 550. The van der Waals surface area contributed by atoms with Gasteiger partial charge in [-0.15, -0.1) is 0 Å². The van der Waals surface area contributed by atoms with E-state index in [1.807, 2.05) is 6.92 Å². The fourth-order valence-corrected chi connectivity index (χ4v) is 2.05. The number of halogens is 1. The molecule has 0 saturated heterocycles. The SMILES string of the molecule is CCC(C)(CO)NC(=O)C1=Cc2cc(Cl)ccc2OC1. The largest absolute Gasteiger partial charge is 0.488 e. The number of hydrogen-bond donors (Lipinski definition) is 2. The van der Waals surface area contributed by atoms with Crippen molar-refractivity contribution >= 4 is 23.6 Å². The van der Waals surface area contributed by atoms with Gasteiger partial charge in [-0.2, -0.15) is 0 Å². The topological polar surface area (TPSA) is 58.6 Å². The summed E-state index contributed by atoms with van der Waals surface area (Å²) in [6, 6.07) is 5.29. The number of fused-ring (bicyclic) bond motifs is 1. The van der Waals surface area contributed by atoms with Crippen LogP contribution in [0.2, 0.25) is 5.02 Å². The second-order valence-electron chi connectivity index (χ2n) is 5.17. The average Bonchev–Trinajstić information content (AvgIpc) is 2.46. The number of hydrogen-bond acceptors (Lipinski definition) is 3. The predicted molar refractivity (Wildman–Crippen MR) is 78.8 cm³/mol. The zero-order valence-corrected chi connectivity index (χ0v) is 12.3. The Hall–Kier alpha value is -1.52. The number of aliphatic hydroxyl groups excluding tert-OH is 1. The van der Waals surface area contributed by atoms with Crippen LogP contribution >= 0.6 is 11.6 Å². The highest BCUT2D eigenvalue weighted by molar-refractivity contribution is 6.30. The molecule has 4 nitrogen and oxygen atoms in total. The molecule has 0 saturated carbocycles. The third-order valence-electron chi connectivity index (χ3n) is 3.52. The second-order valence-corrected chi connectivity index (χ2v) is 5.60. The van der Waals surface area contributed by atoms with Crippen molar-refractivity contribution in [3.63, 3.8) is 0 Å². The summed E-state index contributed by atoms with van der Waals surface area (Å²) in [5, 5.41) is 12.8. The third-order valence-corrected chi connectivity index (χ3v) is 3.76. The minimum Gasteiger partial charge on any atom is -0.488 e. The van der Waals surface area contributed by atoms with Gasteiger partial charge in [-0.25, -0.2) is 0 Å². The Kier molecular flexibility index (Phi) is 4.35. The Morgan fingerprint density at radius 3 is 2.95 bits per heavy atom. The fraction of sp³-hybridized carbons (Fsp3) is 0.400. The van der Waals surface area contributed by atoms with Crippen molar-refractivity contribution < 1.29 is 14.6 Å². The number of ether oxygens (including phenoxy) is 1. The summed E-state index contributed by atoms with van der Waals surface area (Å²) in [5.74, 6) is 0.486. The van der Waals surface area contributed by atoms with Gasteiger partial charge in [0, 0.05) is 10.6 Å². The summed E-state index contributed by atoms with van der Waals surface area (Å²) < 4.78 is 5.54. The molecule has 2 rings (SSSR count). The van der Waals surface area contributed by atoms with Gasteiger partial charge in [0.25, 0.3) is 5.91 Å². The Balaban J connectivity index is 2.20. The minimum atomic E-state index is -0.619. The van der Waals surface area contributed by atoms with Crippen molar-refractivity contribution in [2.75, 3.05) is 13.2 Å². The van der Waals surface area contributed by atoms with Crippen LogP contribution in [0.25, 0.3) is 6.08 Å². The number of amides is 1. The summed E-state index contributed by atoms with van der Waals surface area (Å²) in [6.45, 7) is 3.83. The first-order chi connectivity index (χ1) is 9.47. The molecule has 1 aromatic carbocycles. The normalized spacial score (nSPS) is 16.5. The number of carbonyl (C=O) groups excluding carboxylic acids is 1. The lowest BCUT2D eigenvalue weighted by Gasteiger charge is -2.28.